The van der Waals surface area contributed by atoms with Crippen LogP contribution < -0.4 is 5.73 Å². The monoisotopic (exact) mass is 197 g/mol. The van der Waals surface area contributed by atoms with E-state index >= 15 is 0 Å². The average molecular weight is 197 g/mol. The number of nitrogens with two attached hydrogens (primary N) is 1. The van der Waals surface area contributed by atoms with Crippen molar-refractivity contribution < 1.29 is 4.74 Å². The van der Waals surface area contributed by atoms with Gasteiger partial charge in [-0.2, -0.15) is 0 Å². The van der Waals surface area contributed by atoms with Crippen LogP contribution in [-0.4, -0.2) is 19.8 Å². The lowest BCUT2D eigenvalue weighted by Crippen LogP contribution is -2.52. The Morgan fingerprint density at radius 3 is 2.43 bits per heavy atom. The summed E-state index contributed by atoms with van der Waals surface area (Å²) in [4.78, 5) is 0. The maximum absolute atomic E-state index is 5.66. The predicted molar refractivity (Wildman–Crippen MR) is 58.0 cm³/mol. The number of ether oxygens (including phenoxy) is 1. The molecule has 1 unspecified atom stereocenters. The second kappa shape index (κ2) is 4.19. The van der Waals surface area contributed by atoms with Crippen LogP contribution in [0, 0.1) is 17.3 Å². The third-order valence-corrected chi connectivity index (χ3v) is 4.49. The maximum Gasteiger partial charge on any atom is 0.0550 e. The molecule has 0 aromatic rings. The lowest BCUT2D eigenvalue weighted by Gasteiger charge is -2.50. The van der Waals surface area contributed by atoms with Crippen LogP contribution in [0.15, 0.2) is 0 Å². The Kier molecular flexibility index (Phi) is 3.13. The van der Waals surface area contributed by atoms with Gasteiger partial charge in [0.25, 0.3) is 0 Å². The molecule has 0 aromatic heterocycles. The topological polar surface area (TPSA) is 35.2 Å². The third-order valence-electron chi connectivity index (χ3n) is 4.49. The molecule has 14 heavy (non-hydrogen) atoms. The second-order valence-corrected chi connectivity index (χ2v) is 5.19. The molecule has 0 radical (unpaired) electrons. The summed E-state index contributed by atoms with van der Waals surface area (Å²) in [7, 11) is 0. The van der Waals surface area contributed by atoms with E-state index in [4.69, 9.17) is 10.5 Å². The Hall–Kier alpha value is -0.0800. The zero-order chi connectivity index (χ0) is 10.0. The maximum atomic E-state index is 5.66. The third kappa shape index (κ3) is 1.59. The van der Waals surface area contributed by atoms with E-state index in [1.807, 2.05) is 0 Å². The van der Waals surface area contributed by atoms with Gasteiger partial charge < -0.3 is 10.5 Å². The van der Waals surface area contributed by atoms with Gasteiger partial charge in [0.15, 0.2) is 0 Å². The quantitative estimate of drug-likeness (QED) is 0.749. The van der Waals surface area contributed by atoms with Crippen LogP contribution in [0.1, 0.15) is 39.0 Å². The van der Waals surface area contributed by atoms with E-state index in [0.29, 0.717) is 5.41 Å². The summed E-state index contributed by atoms with van der Waals surface area (Å²) < 4.78 is 5.48. The molecule has 1 atom stereocenters. The van der Waals surface area contributed by atoms with E-state index in [1.54, 1.807) is 0 Å². The van der Waals surface area contributed by atoms with Gasteiger partial charge in [-0.3, -0.25) is 0 Å². The normalized spacial score (nSPS) is 28.7. The minimum Gasteiger partial charge on any atom is -0.380 e. The van der Waals surface area contributed by atoms with Crippen LogP contribution in [-0.2, 0) is 4.74 Å². The summed E-state index contributed by atoms with van der Waals surface area (Å²) in [5, 5.41) is 0. The molecule has 1 saturated heterocycles. The highest BCUT2D eigenvalue weighted by Gasteiger charge is 2.49. The first-order valence-corrected chi connectivity index (χ1v) is 6.07. The van der Waals surface area contributed by atoms with Gasteiger partial charge in [0, 0.05) is 5.41 Å². The van der Waals surface area contributed by atoms with Crippen LogP contribution in [0.5, 0.6) is 0 Å². The fourth-order valence-electron chi connectivity index (χ4n) is 3.30. The molecule has 2 N–H and O–H groups in total. The van der Waals surface area contributed by atoms with Gasteiger partial charge in [0.05, 0.1) is 13.2 Å². The van der Waals surface area contributed by atoms with Crippen LogP contribution in [0.3, 0.4) is 0 Å². The van der Waals surface area contributed by atoms with E-state index in [9.17, 15) is 0 Å². The molecule has 0 aromatic carbocycles. The van der Waals surface area contributed by atoms with Crippen LogP contribution >= 0.6 is 0 Å². The van der Waals surface area contributed by atoms with Gasteiger partial charge >= 0.3 is 0 Å². The summed E-state index contributed by atoms with van der Waals surface area (Å²) in [6, 6.07) is 0. The van der Waals surface area contributed by atoms with Crippen molar-refractivity contribution in [2.45, 2.75) is 39.0 Å². The zero-order valence-corrected chi connectivity index (χ0v) is 9.30. The van der Waals surface area contributed by atoms with Crippen molar-refractivity contribution in [1.29, 1.82) is 0 Å². The van der Waals surface area contributed by atoms with Crippen molar-refractivity contribution in [3.8, 4) is 0 Å². The molecule has 2 heteroatoms. The molecule has 0 spiro atoms. The smallest absolute Gasteiger partial charge is 0.0550 e. The summed E-state index contributed by atoms with van der Waals surface area (Å²) in [5.74, 6) is 1.68. The number of hydrogen-bond donors (Lipinski definition) is 1. The fraction of sp³-hybridized carbons (Fsp3) is 1.00. The summed E-state index contributed by atoms with van der Waals surface area (Å²) >= 11 is 0. The lowest BCUT2D eigenvalue weighted by molar-refractivity contribution is -0.174. The van der Waals surface area contributed by atoms with E-state index in [-0.39, 0.29) is 0 Å². The molecule has 0 bridgehead atoms. The first-order valence-electron chi connectivity index (χ1n) is 6.07. The highest BCUT2D eigenvalue weighted by Crippen LogP contribution is 2.50. The Labute approximate surface area is 87.2 Å². The van der Waals surface area contributed by atoms with Crippen LogP contribution in [0.25, 0.3) is 0 Å². The standard InChI is InChI=1S/C12H23NO/c1-10(6-7-13)12(8-14-9-12)11-4-2-3-5-11/h10-11H,2-9,13H2,1H3. The van der Waals surface area contributed by atoms with E-state index in [1.165, 1.54) is 32.1 Å². The molecular formula is C12H23NO. The van der Waals surface area contributed by atoms with Crippen molar-refractivity contribution in [1.82, 2.24) is 0 Å². The molecule has 2 nitrogen and oxygen atoms in total. The molecule has 1 aliphatic carbocycles. The molecular weight excluding hydrogens is 174 g/mol. The number of rotatable bonds is 4. The molecule has 2 rings (SSSR count). The van der Waals surface area contributed by atoms with Crippen LogP contribution in [0.4, 0.5) is 0 Å². The van der Waals surface area contributed by atoms with E-state index < -0.39 is 0 Å². The first-order chi connectivity index (χ1) is 6.79. The summed E-state index contributed by atoms with van der Waals surface area (Å²) in [5.41, 5.74) is 6.17. The Bertz CT molecular complexity index is 183. The van der Waals surface area contributed by atoms with Gasteiger partial charge in [0.2, 0.25) is 0 Å². The predicted octanol–water partition coefficient (Wildman–Crippen LogP) is 2.18. The van der Waals surface area contributed by atoms with Crippen molar-refractivity contribution >= 4 is 0 Å². The minimum absolute atomic E-state index is 0.510. The molecule has 1 heterocycles. The SMILES string of the molecule is CC(CCN)C1(C2CCCC2)COC1. The van der Waals surface area contributed by atoms with Crippen molar-refractivity contribution in [3.05, 3.63) is 0 Å². The minimum atomic E-state index is 0.510. The van der Waals surface area contributed by atoms with Crippen molar-refractivity contribution in [3.63, 3.8) is 0 Å². The lowest BCUT2D eigenvalue weighted by atomic mass is 9.64. The van der Waals surface area contributed by atoms with E-state index in [0.717, 1.165) is 31.6 Å². The second-order valence-electron chi connectivity index (χ2n) is 5.19. The summed E-state index contributed by atoms with van der Waals surface area (Å²) in [6.45, 7) is 5.20. The first kappa shape index (κ1) is 10.4. The van der Waals surface area contributed by atoms with Gasteiger partial charge in [-0.25, -0.2) is 0 Å². The van der Waals surface area contributed by atoms with Crippen LogP contribution in [0.2, 0.25) is 0 Å². The molecule has 1 saturated carbocycles. The zero-order valence-electron chi connectivity index (χ0n) is 9.30. The molecule has 2 fully saturated rings. The average Bonchev–Trinajstić information content (AvgIpc) is 2.56. The van der Waals surface area contributed by atoms with Crippen molar-refractivity contribution in [2.24, 2.45) is 23.0 Å². The highest BCUT2D eigenvalue weighted by atomic mass is 16.5. The van der Waals surface area contributed by atoms with Crippen molar-refractivity contribution in [2.75, 3.05) is 19.8 Å². The Morgan fingerprint density at radius 1 is 1.36 bits per heavy atom. The van der Waals surface area contributed by atoms with Gasteiger partial charge in [-0.05, 0) is 37.6 Å². The largest absolute Gasteiger partial charge is 0.380 e. The Balaban J connectivity index is 2.00. The van der Waals surface area contributed by atoms with Gasteiger partial charge in [-0.1, -0.05) is 19.8 Å². The van der Waals surface area contributed by atoms with Gasteiger partial charge in [-0.15, -0.1) is 0 Å². The fourth-order valence-corrected chi connectivity index (χ4v) is 3.30. The highest BCUT2D eigenvalue weighted by molar-refractivity contribution is 4.97. The molecule has 2 aliphatic rings. The van der Waals surface area contributed by atoms with Gasteiger partial charge in [0.1, 0.15) is 0 Å². The number of hydrogen-bond acceptors (Lipinski definition) is 2. The summed E-state index contributed by atoms with van der Waals surface area (Å²) in [6.07, 6.45) is 6.89. The molecule has 82 valence electrons. The molecule has 0 amide bonds. The Morgan fingerprint density at radius 2 is 2.00 bits per heavy atom. The molecule has 1 aliphatic heterocycles. The van der Waals surface area contributed by atoms with E-state index in [2.05, 4.69) is 6.92 Å².